The number of rotatable bonds is 5. The molecule has 0 aliphatic heterocycles. The topological polar surface area (TPSA) is 105 Å². The van der Waals surface area contributed by atoms with E-state index < -0.39 is 10.8 Å². The van der Waals surface area contributed by atoms with Gasteiger partial charge in [-0.1, -0.05) is 0 Å². The highest BCUT2D eigenvalue weighted by molar-refractivity contribution is 9.11. The number of amides is 1. The summed E-state index contributed by atoms with van der Waals surface area (Å²) in [5.41, 5.74) is 0.748. The van der Waals surface area contributed by atoms with Crippen LogP contribution < -0.4 is 10.1 Å². The highest BCUT2D eigenvalue weighted by Crippen LogP contribution is 2.35. The molecular formula is C17H11Br2N3O4. The zero-order valence-electron chi connectivity index (χ0n) is 13.3. The van der Waals surface area contributed by atoms with Crippen LogP contribution in [0.5, 0.6) is 5.75 Å². The number of methoxy groups -OCH3 is 1. The van der Waals surface area contributed by atoms with Gasteiger partial charge < -0.3 is 10.1 Å². The molecule has 0 saturated carbocycles. The molecule has 26 heavy (non-hydrogen) atoms. The maximum Gasteiger partial charge on any atom is 0.269 e. The summed E-state index contributed by atoms with van der Waals surface area (Å²) < 4.78 is 6.53. The van der Waals surface area contributed by atoms with E-state index in [0.717, 1.165) is 0 Å². The second-order valence-corrected chi connectivity index (χ2v) is 6.65. The van der Waals surface area contributed by atoms with Crippen LogP contribution in [-0.4, -0.2) is 17.9 Å². The third-order valence-corrected chi connectivity index (χ3v) is 4.41. The van der Waals surface area contributed by atoms with Crippen molar-refractivity contribution in [1.29, 1.82) is 5.26 Å². The van der Waals surface area contributed by atoms with E-state index in [0.29, 0.717) is 25.9 Å². The molecule has 0 aliphatic carbocycles. The van der Waals surface area contributed by atoms with E-state index in [4.69, 9.17) is 4.74 Å². The molecular weight excluding hydrogens is 470 g/mol. The fourth-order valence-corrected chi connectivity index (χ4v) is 3.58. The Bertz CT molecular complexity index is 911. The Kier molecular flexibility index (Phi) is 6.49. The summed E-state index contributed by atoms with van der Waals surface area (Å²) in [5.74, 6) is -0.0274. The average Bonchev–Trinajstić information content (AvgIpc) is 2.59. The molecule has 7 nitrogen and oxygen atoms in total. The van der Waals surface area contributed by atoms with Crippen LogP contribution in [0.25, 0.3) is 6.08 Å². The molecule has 0 atom stereocenters. The Morgan fingerprint density at radius 1 is 1.27 bits per heavy atom. The SMILES string of the molecule is COc1c(Br)cc(C=C(C#N)C(=O)Nc2ccc([N+](=O)[O-])cc2)cc1Br. The average molecular weight is 481 g/mol. The van der Waals surface area contributed by atoms with Crippen molar-refractivity contribution in [3.05, 3.63) is 66.6 Å². The third kappa shape index (κ3) is 4.68. The van der Waals surface area contributed by atoms with E-state index in [9.17, 15) is 20.2 Å². The first-order valence-corrected chi connectivity index (χ1v) is 8.65. The normalized spacial score (nSPS) is 10.8. The zero-order chi connectivity index (χ0) is 19.3. The molecule has 0 unspecified atom stereocenters. The number of carbonyl (C=O) groups is 1. The van der Waals surface area contributed by atoms with Crippen LogP contribution in [0, 0.1) is 21.4 Å². The third-order valence-electron chi connectivity index (χ3n) is 3.24. The highest BCUT2D eigenvalue weighted by Gasteiger charge is 2.13. The summed E-state index contributed by atoms with van der Waals surface area (Å²) in [4.78, 5) is 22.4. The van der Waals surface area contributed by atoms with Crippen molar-refractivity contribution in [2.24, 2.45) is 0 Å². The first-order valence-electron chi connectivity index (χ1n) is 7.06. The first kappa shape index (κ1) is 19.6. The number of hydrogen-bond donors (Lipinski definition) is 1. The lowest BCUT2D eigenvalue weighted by atomic mass is 10.1. The number of anilines is 1. The lowest BCUT2D eigenvalue weighted by molar-refractivity contribution is -0.384. The molecule has 0 bridgehead atoms. The molecule has 132 valence electrons. The van der Waals surface area contributed by atoms with E-state index in [1.165, 1.54) is 37.5 Å². The van der Waals surface area contributed by atoms with Gasteiger partial charge in [-0.05, 0) is 67.8 Å². The quantitative estimate of drug-likeness (QED) is 0.289. The van der Waals surface area contributed by atoms with Crippen LogP contribution in [-0.2, 0) is 4.79 Å². The summed E-state index contributed by atoms with van der Waals surface area (Å²) in [6, 6.07) is 10.6. The smallest absolute Gasteiger partial charge is 0.269 e. The fraction of sp³-hybridized carbons (Fsp3) is 0.0588. The number of nitrogens with one attached hydrogen (secondary N) is 1. The molecule has 1 amide bonds. The molecule has 0 heterocycles. The van der Waals surface area contributed by atoms with Gasteiger partial charge in [0.1, 0.15) is 17.4 Å². The van der Waals surface area contributed by atoms with Gasteiger partial charge in [-0.25, -0.2) is 0 Å². The molecule has 1 N–H and O–H groups in total. The number of ether oxygens (including phenoxy) is 1. The minimum Gasteiger partial charge on any atom is -0.494 e. The summed E-state index contributed by atoms with van der Waals surface area (Å²) in [5, 5.41) is 22.4. The lowest BCUT2D eigenvalue weighted by Crippen LogP contribution is -2.13. The second-order valence-electron chi connectivity index (χ2n) is 4.95. The standard InChI is InChI=1S/C17H11Br2N3O4/c1-26-16-14(18)7-10(8-15(16)19)6-11(9-20)17(23)21-12-2-4-13(5-3-12)22(24)25/h2-8H,1H3,(H,21,23). The monoisotopic (exact) mass is 479 g/mol. The van der Waals surface area contributed by atoms with Gasteiger partial charge in [-0.15, -0.1) is 0 Å². The van der Waals surface area contributed by atoms with E-state index in [1.807, 2.05) is 6.07 Å². The lowest BCUT2D eigenvalue weighted by Gasteiger charge is -2.08. The molecule has 0 fully saturated rings. The predicted molar refractivity (Wildman–Crippen MR) is 104 cm³/mol. The van der Waals surface area contributed by atoms with Crippen molar-refractivity contribution in [1.82, 2.24) is 0 Å². The molecule has 9 heteroatoms. The summed E-state index contributed by atoms with van der Waals surface area (Å²) in [7, 11) is 1.53. The fourth-order valence-electron chi connectivity index (χ4n) is 2.04. The molecule has 2 aromatic rings. The van der Waals surface area contributed by atoms with Crippen molar-refractivity contribution in [2.75, 3.05) is 12.4 Å². The van der Waals surface area contributed by atoms with Crippen LogP contribution >= 0.6 is 31.9 Å². The van der Waals surface area contributed by atoms with E-state index in [-0.39, 0.29) is 11.3 Å². The number of halogens is 2. The Balaban J connectivity index is 2.24. The first-order chi connectivity index (χ1) is 12.3. The number of nitro groups is 1. The number of carbonyl (C=O) groups excluding carboxylic acids is 1. The number of nitrogens with zero attached hydrogens (tertiary/aromatic N) is 2. The molecule has 2 rings (SSSR count). The van der Waals surface area contributed by atoms with Gasteiger partial charge in [0.2, 0.25) is 0 Å². The van der Waals surface area contributed by atoms with Crippen LogP contribution in [0.2, 0.25) is 0 Å². The maximum absolute atomic E-state index is 12.3. The van der Waals surface area contributed by atoms with Gasteiger partial charge in [-0.2, -0.15) is 5.26 Å². The summed E-state index contributed by atoms with van der Waals surface area (Å²) in [6.45, 7) is 0. The largest absolute Gasteiger partial charge is 0.494 e. The second kappa shape index (κ2) is 8.60. The summed E-state index contributed by atoms with van der Waals surface area (Å²) >= 11 is 6.71. The number of nitro benzene ring substituents is 1. The Hall–Kier alpha value is -2.70. The van der Waals surface area contributed by atoms with Crippen molar-refractivity contribution < 1.29 is 14.5 Å². The Morgan fingerprint density at radius 2 is 1.85 bits per heavy atom. The number of non-ortho nitro benzene ring substituents is 1. The number of benzene rings is 2. The van der Waals surface area contributed by atoms with Crippen molar-refractivity contribution >= 4 is 55.2 Å². The van der Waals surface area contributed by atoms with Gasteiger partial charge >= 0.3 is 0 Å². The number of nitriles is 1. The van der Waals surface area contributed by atoms with Crippen molar-refractivity contribution in [3.63, 3.8) is 0 Å². The van der Waals surface area contributed by atoms with Crippen LogP contribution in [0.1, 0.15) is 5.56 Å². The minimum absolute atomic E-state index is 0.0908. The Labute approximate surface area is 165 Å². The van der Waals surface area contributed by atoms with Gasteiger partial charge in [-0.3, -0.25) is 14.9 Å². The van der Waals surface area contributed by atoms with Crippen LogP contribution in [0.4, 0.5) is 11.4 Å². The van der Waals surface area contributed by atoms with Crippen LogP contribution in [0.3, 0.4) is 0 Å². The number of hydrogen-bond acceptors (Lipinski definition) is 5. The van der Waals surface area contributed by atoms with Gasteiger partial charge in [0.05, 0.1) is 21.0 Å². The van der Waals surface area contributed by atoms with E-state index in [2.05, 4.69) is 37.2 Å². The van der Waals surface area contributed by atoms with Gasteiger partial charge in [0.25, 0.3) is 11.6 Å². The van der Waals surface area contributed by atoms with Crippen LogP contribution in [0.15, 0.2) is 50.9 Å². The van der Waals surface area contributed by atoms with E-state index in [1.54, 1.807) is 12.1 Å². The molecule has 2 aromatic carbocycles. The summed E-state index contributed by atoms with van der Waals surface area (Å²) in [6.07, 6.45) is 1.43. The van der Waals surface area contributed by atoms with Gasteiger partial charge in [0.15, 0.2) is 0 Å². The van der Waals surface area contributed by atoms with Crippen molar-refractivity contribution in [2.45, 2.75) is 0 Å². The highest BCUT2D eigenvalue weighted by atomic mass is 79.9. The van der Waals surface area contributed by atoms with E-state index >= 15 is 0 Å². The predicted octanol–water partition coefficient (Wildman–Crippen LogP) is 4.67. The molecule has 0 aromatic heterocycles. The molecule has 0 radical (unpaired) electrons. The zero-order valence-corrected chi connectivity index (χ0v) is 16.5. The maximum atomic E-state index is 12.3. The van der Waals surface area contributed by atoms with Gasteiger partial charge in [0, 0.05) is 17.8 Å². The molecule has 0 saturated heterocycles. The Morgan fingerprint density at radius 3 is 2.31 bits per heavy atom. The molecule has 0 aliphatic rings. The minimum atomic E-state index is -0.621. The molecule has 0 spiro atoms. The van der Waals surface area contributed by atoms with Crippen molar-refractivity contribution in [3.8, 4) is 11.8 Å².